The van der Waals surface area contributed by atoms with Crippen LogP contribution in [0.3, 0.4) is 0 Å². The quantitative estimate of drug-likeness (QED) is 0.634. The fourth-order valence-corrected chi connectivity index (χ4v) is 2.93. The van der Waals surface area contributed by atoms with Gasteiger partial charge in [-0.25, -0.2) is 0 Å². The van der Waals surface area contributed by atoms with E-state index >= 15 is 0 Å². The molecule has 2 aromatic carbocycles. The Morgan fingerprint density at radius 3 is 2.32 bits per heavy atom. The molecule has 0 aliphatic rings. The second-order valence-corrected chi connectivity index (χ2v) is 6.31. The van der Waals surface area contributed by atoms with Gasteiger partial charge < -0.3 is 15.7 Å². The Bertz CT molecular complexity index is 707. The molecule has 6 heteroatoms. The molecule has 0 bridgehead atoms. The molecule has 0 aromatic heterocycles. The predicted molar refractivity (Wildman–Crippen MR) is 100 cm³/mol. The summed E-state index contributed by atoms with van der Waals surface area (Å²) >= 11 is 1.55. The number of benzene rings is 2. The monoisotopic (exact) mass is 358 g/mol. The number of amides is 2. The summed E-state index contributed by atoms with van der Waals surface area (Å²) in [5.41, 5.74) is 1.58. The number of thioether (sulfide) groups is 1. The average molecular weight is 358 g/mol. The van der Waals surface area contributed by atoms with Gasteiger partial charge in [0.15, 0.2) is 0 Å². The van der Waals surface area contributed by atoms with E-state index in [1.807, 2.05) is 60.9 Å². The van der Waals surface area contributed by atoms with Gasteiger partial charge in [0.2, 0.25) is 11.8 Å². The highest BCUT2D eigenvalue weighted by molar-refractivity contribution is 7.98. The zero-order valence-corrected chi connectivity index (χ0v) is 14.9. The third kappa shape index (κ3) is 5.92. The van der Waals surface area contributed by atoms with Gasteiger partial charge in [-0.05, 0) is 24.0 Å². The zero-order chi connectivity index (χ0) is 18.1. The molecule has 2 rings (SSSR count). The summed E-state index contributed by atoms with van der Waals surface area (Å²) < 4.78 is 0. The van der Waals surface area contributed by atoms with Crippen LogP contribution in [0.1, 0.15) is 24.4 Å². The number of rotatable bonds is 8. The molecule has 25 heavy (non-hydrogen) atoms. The smallest absolute Gasteiger partial charge is 0.224 e. The van der Waals surface area contributed by atoms with Crippen LogP contribution in [-0.2, 0) is 9.59 Å². The minimum absolute atomic E-state index is 0.0661. The first-order valence-electron chi connectivity index (χ1n) is 8.02. The van der Waals surface area contributed by atoms with Gasteiger partial charge in [0, 0.05) is 17.7 Å². The first kappa shape index (κ1) is 19.0. The van der Waals surface area contributed by atoms with E-state index in [4.69, 9.17) is 0 Å². The topological polar surface area (TPSA) is 78.4 Å². The molecule has 0 saturated heterocycles. The van der Waals surface area contributed by atoms with Crippen LogP contribution in [0.2, 0.25) is 0 Å². The van der Waals surface area contributed by atoms with E-state index in [1.165, 1.54) is 0 Å². The van der Waals surface area contributed by atoms with Crippen molar-refractivity contribution in [1.29, 1.82) is 0 Å². The number of aliphatic hydroxyl groups is 1. The number of nitrogens with one attached hydrogen (secondary N) is 2. The van der Waals surface area contributed by atoms with Crippen LogP contribution < -0.4 is 10.6 Å². The first-order chi connectivity index (χ1) is 12.1. The maximum atomic E-state index is 12.1. The Morgan fingerprint density at radius 2 is 1.64 bits per heavy atom. The lowest BCUT2D eigenvalue weighted by molar-refractivity contribution is -0.125. The van der Waals surface area contributed by atoms with Crippen molar-refractivity contribution >= 4 is 29.3 Å². The SMILES string of the molecule is CSc1ccccc1NC(=O)CCC(=O)N[C@H](CO)c1ccccc1. The lowest BCUT2D eigenvalue weighted by atomic mass is 10.1. The third-order valence-corrected chi connectivity index (χ3v) is 4.48. The number of para-hydroxylation sites is 1. The Hall–Kier alpha value is -2.31. The Morgan fingerprint density at radius 1 is 1.00 bits per heavy atom. The summed E-state index contributed by atoms with van der Waals surface area (Å²) in [7, 11) is 0. The number of hydrogen-bond acceptors (Lipinski definition) is 4. The van der Waals surface area contributed by atoms with Gasteiger partial charge in [-0.3, -0.25) is 9.59 Å². The molecule has 1 atom stereocenters. The Balaban J connectivity index is 1.84. The van der Waals surface area contributed by atoms with Crippen molar-refractivity contribution in [3.05, 3.63) is 60.2 Å². The highest BCUT2D eigenvalue weighted by Crippen LogP contribution is 2.24. The highest BCUT2D eigenvalue weighted by atomic mass is 32.2. The molecule has 0 heterocycles. The van der Waals surface area contributed by atoms with Gasteiger partial charge in [-0.15, -0.1) is 11.8 Å². The lowest BCUT2D eigenvalue weighted by Crippen LogP contribution is -2.31. The molecule has 0 unspecified atom stereocenters. The highest BCUT2D eigenvalue weighted by Gasteiger charge is 2.14. The normalized spacial score (nSPS) is 11.6. The molecule has 0 spiro atoms. The van der Waals surface area contributed by atoms with Crippen molar-refractivity contribution in [2.75, 3.05) is 18.2 Å². The van der Waals surface area contributed by atoms with Gasteiger partial charge in [-0.2, -0.15) is 0 Å². The number of carbonyl (C=O) groups excluding carboxylic acids is 2. The summed E-state index contributed by atoms with van der Waals surface area (Å²) in [5.74, 6) is -0.479. The molecule has 0 aliphatic carbocycles. The molecule has 0 aliphatic heterocycles. The molecule has 2 aromatic rings. The van der Waals surface area contributed by atoms with E-state index in [0.717, 1.165) is 16.1 Å². The number of anilines is 1. The lowest BCUT2D eigenvalue weighted by Gasteiger charge is -2.16. The number of aliphatic hydroxyl groups excluding tert-OH is 1. The van der Waals surface area contributed by atoms with E-state index in [0.29, 0.717) is 0 Å². The molecular formula is C19H22N2O3S. The second-order valence-electron chi connectivity index (χ2n) is 5.46. The van der Waals surface area contributed by atoms with Crippen LogP contribution in [0.5, 0.6) is 0 Å². The standard InChI is InChI=1S/C19H22N2O3S/c1-25-17-10-6-5-9-15(17)20-18(23)11-12-19(24)21-16(13-22)14-7-3-2-4-8-14/h2-10,16,22H,11-13H2,1H3,(H,20,23)(H,21,24)/t16-/m1/s1. The summed E-state index contributed by atoms with van der Waals surface area (Å²) in [5, 5.41) is 15.0. The Labute approximate surface area is 151 Å². The van der Waals surface area contributed by atoms with E-state index in [1.54, 1.807) is 11.8 Å². The first-order valence-corrected chi connectivity index (χ1v) is 9.24. The molecule has 0 fully saturated rings. The fourth-order valence-electron chi connectivity index (χ4n) is 2.37. The van der Waals surface area contributed by atoms with E-state index in [2.05, 4.69) is 10.6 Å². The summed E-state index contributed by atoms with van der Waals surface area (Å²) in [6.45, 7) is -0.191. The second kappa shape index (κ2) is 9.86. The zero-order valence-electron chi connectivity index (χ0n) is 14.1. The summed E-state index contributed by atoms with van der Waals surface area (Å²) in [6.07, 6.45) is 2.09. The predicted octanol–water partition coefficient (Wildman–Crippen LogP) is 2.98. The summed E-state index contributed by atoms with van der Waals surface area (Å²) in [4.78, 5) is 25.1. The van der Waals surface area contributed by atoms with E-state index < -0.39 is 6.04 Å². The van der Waals surface area contributed by atoms with Gasteiger partial charge in [0.25, 0.3) is 0 Å². The molecule has 2 amide bonds. The van der Waals surface area contributed by atoms with Crippen LogP contribution in [0.4, 0.5) is 5.69 Å². The van der Waals surface area contributed by atoms with Crippen molar-refractivity contribution < 1.29 is 14.7 Å². The number of carbonyl (C=O) groups is 2. The molecular weight excluding hydrogens is 336 g/mol. The maximum absolute atomic E-state index is 12.1. The van der Waals surface area contributed by atoms with E-state index in [-0.39, 0.29) is 31.3 Å². The molecule has 3 N–H and O–H groups in total. The van der Waals surface area contributed by atoms with Crippen molar-refractivity contribution in [2.24, 2.45) is 0 Å². The molecule has 132 valence electrons. The van der Waals surface area contributed by atoms with Crippen LogP contribution >= 0.6 is 11.8 Å². The van der Waals surface area contributed by atoms with Crippen LogP contribution in [0.25, 0.3) is 0 Å². The van der Waals surface area contributed by atoms with Gasteiger partial charge in [0.05, 0.1) is 18.3 Å². The van der Waals surface area contributed by atoms with Gasteiger partial charge in [0.1, 0.15) is 0 Å². The average Bonchev–Trinajstić information content (AvgIpc) is 2.65. The summed E-state index contributed by atoms with van der Waals surface area (Å²) in [6, 6.07) is 16.3. The third-order valence-electron chi connectivity index (χ3n) is 3.68. The van der Waals surface area contributed by atoms with Crippen molar-refractivity contribution in [1.82, 2.24) is 5.32 Å². The minimum Gasteiger partial charge on any atom is -0.394 e. The minimum atomic E-state index is -0.464. The van der Waals surface area contributed by atoms with Crippen molar-refractivity contribution in [3.8, 4) is 0 Å². The van der Waals surface area contributed by atoms with Crippen LogP contribution in [0, 0.1) is 0 Å². The molecule has 0 saturated carbocycles. The fraction of sp³-hybridized carbons (Fsp3) is 0.263. The van der Waals surface area contributed by atoms with Crippen molar-refractivity contribution in [2.45, 2.75) is 23.8 Å². The maximum Gasteiger partial charge on any atom is 0.224 e. The van der Waals surface area contributed by atoms with Crippen molar-refractivity contribution in [3.63, 3.8) is 0 Å². The Kier molecular flexibility index (Phi) is 7.50. The van der Waals surface area contributed by atoms with Crippen LogP contribution in [-0.4, -0.2) is 29.8 Å². The van der Waals surface area contributed by atoms with Gasteiger partial charge in [-0.1, -0.05) is 42.5 Å². The largest absolute Gasteiger partial charge is 0.394 e. The van der Waals surface area contributed by atoms with Gasteiger partial charge >= 0.3 is 0 Å². The molecule has 0 radical (unpaired) electrons. The molecule has 5 nitrogen and oxygen atoms in total. The van der Waals surface area contributed by atoms with Crippen LogP contribution in [0.15, 0.2) is 59.5 Å². The number of hydrogen-bond donors (Lipinski definition) is 3. The van der Waals surface area contributed by atoms with E-state index in [9.17, 15) is 14.7 Å².